The molecule has 1 N–H and O–H groups in total. The molecule has 9 heteroatoms. The number of anilines is 1. The molecule has 0 bridgehead atoms. The van der Waals surface area contributed by atoms with Crippen molar-refractivity contribution in [3.05, 3.63) is 84.2 Å². The number of thioether (sulfide) groups is 1. The van der Waals surface area contributed by atoms with Gasteiger partial charge >= 0.3 is 0 Å². The summed E-state index contributed by atoms with van der Waals surface area (Å²) in [6, 6.07) is 19.4. The molecule has 0 aromatic heterocycles. The van der Waals surface area contributed by atoms with E-state index < -0.39 is 28.3 Å². The van der Waals surface area contributed by atoms with E-state index in [0.29, 0.717) is 18.7 Å². The summed E-state index contributed by atoms with van der Waals surface area (Å²) in [6.07, 6.45) is 0.704. The van der Waals surface area contributed by atoms with Crippen molar-refractivity contribution in [1.82, 2.24) is 5.32 Å². The average molecular weight is 503 g/mol. The van der Waals surface area contributed by atoms with Crippen LogP contribution < -0.4 is 14.4 Å². The van der Waals surface area contributed by atoms with Crippen LogP contribution in [-0.2, 0) is 14.8 Å². The number of amides is 1. The molecule has 3 aromatic rings. The maximum Gasteiger partial charge on any atom is 0.264 e. The van der Waals surface area contributed by atoms with Crippen LogP contribution in [0.2, 0.25) is 0 Å². The van der Waals surface area contributed by atoms with Gasteiger partial charge in [-0.1, -0.05) is 29.8 Å². The van der Waals surface area contributed by atoms with Crippen LogP contribution in [0.25, 0.3) is 0 Å². The van der Waals surface area contributed by atoms with Crippen molar-refractivity contribution in [1.29, 1.82) is 0 Å². The number of rotatable bonds is 11. The molecule has 0 fully saturated rings. The number of methoxy groups -OCH3 is 1. The number of hydrogen-bond acceptors (Lipinski definition) is 5. The van der Waals surface area contributed by atoms with Crippen molar-refractivity contribution in [2.45, 2.75) is 23.1 Å². The van der Waals surface area contributed by atoms with Gasteiger partial charge in [-0.05, 0) is 67.6 Å². The molecule has 34 heavy (non-hydrogen) atoms. The molecule has 0 spiro atoms. The quantitative estimate of drug-likeness (QED) is 0.306. The Hall–Kier alpha value is -3.04. The summed E-state index contributed by atoms with van der Waals surface area (Å²) in [5.41, 5.74) is 1.00. The van der Waals surface area contributed by atoms with E-state index >= 15 is 0 Å². The van der Waals surface area contributed by atoms with Gasteiger partial charge < -0.3 is 10.1 Å². The highest BCUT2D eigenvalue weighted by molar-refractivity contribution is 7.99. The van der Waals surface area contributed by atoms with Crippen LogP contribution in [-0.4, -0.2) is 40.3 Å². The number of para-hydroxylation sites is 1. The molecule has 0 radical (unpaired) electrons. The Morgan fingerprint density at radius 1 is 1.03 bits per heavy atom. The fraction of sp³-hybridized carbons (Fsp3) is 0.240. The van der Waals surface area contributed by atoms with Crippen LogP contribution in [0, 0.1) is 12.7 Å². The Balaban J connectivity index is 1.66. The van der Waals surface area contributed by atoms with Crippen LogP contribution >= 0.6 is 11.8 Å². The third kappa shape index (κ3) is 6.74. The maximum absolute atomic E-state index is 14.5. The van der Waals surface area contributed by atoms with Crippen molar-refractivity contribution in [2.24, 2.45) is 0 Å². The Kier molecular flexibility index (Phi) is 8.95. The van der Waals surface area contributed by atoms with Gasteiger partial charge in [-0.2, -0.15) is 0 Å². The Morgan fingerprint density at radius 3 is 2.35 bits per heavy atom. The SMILES string of the molecule is COc1ccc(S(=O)(=O)N(CC(=O)NCCCSc2ccc(C)cc2)c2ccccc2F)cc1. The van der Waals surface area contributed by atoms with Gasteiger partial charge in [0.1, 0.15) is 18.1 Å². The molecule has 0 unspecified atom stereocenters. The lowest BCUT2D eigenvalue weighted by Gasteiger charge is -2.24. The maximum atomic E-state index is 14.5. The van der Waals surface area contributed by atoms with E-state index in [-0.39, 0.29) is 10.6 Å². The number of ether oxygens (including phenoxy) is 1. The molecule has 3 rings (SSSR count). The van der Waals surface area contributed by atoms with E-state index in [1.807, 2.05) is 19.1 Å². The molecule has 0 aliphatic carbocycles. The van der Waals surface area contributed by atoms with Gasteiger partial charge in [0, 0.05) is 11.4 Å². The highest BCUT2D eigenvalue weighted by atomic mass is 32.2. The van der Waals surface area contributed by atoms with Crippen molar-refractivity contribution >= 4 is 33.4 Å². The van der Waals surface area contributed by atoms with Crippen molar-refractivity contribution in [3.8, 4) is 5.75 Å². The number of hydrogen-bond donors (Lipinski definition) is 1. The van der Waals surface area contributed by atoms with Crippen molar-refractivity contribution in [3.63, 3.8) is 0 Å². The molecule has 0 aliphatic rings. The molecule has 0 heterocycles. The van der Waals surface area contributed by atoms with Gasteiger partial charge in [-0.3, -0.25) is 9.10 Å². The first-order valence-electron chi connectivity index (χ1n) is 10.7. The Bertz CT molecular complexity index is 1200. The van der Waals surface area contributed by atoms with E-state index in [0.717, 1.165) is 21.0 Å². The topological polar surface area (TPSA) is 75.7 Å². The van der Waals surface area contributed by atoms with Gasteiger partial charge in [0.15, 0.2) is 0 Å². The molecule has 1 amide bonds. The third-order valence-corrected chi connectivity index (χ3v) is 7.86. The summed E-state index contributed by atoms with van der Waals surface area (Å²) < 4.78 is 47.0. The molecule has 0 aliphatic heterocycles. The first-order chi connectivity index (χ1) is 16.3. The smallest absolute Gasteiger partial charge is 0.264 e. The summed E-state index contributed by atoms with van der Waals surface area (Å²) in [5.74, 6) is 0.0324. The zero-order valence-electron chi connectivity index (χ0n) is 19.0. The Labute approximate surface area is 204 Å². The van der Waals surface area contributed by atoms with Crippen LogP contribution in [0.4, 0.5) is 10.1 Å². The lowest BCUT2D eigenvalue weighted by atomic mass is 10.2. The summed E-state index contributed by atoms with van der Waals surface area (Å²) in [6.45, 7) is 1.87. The molecular formula is C25H27FN2O4S2. The molecule has 0 saturated carbocycles. The minimum absolute atomic E-state index is 0.0705. The number of nitrogens with zero attached hydrogens (tertiary/aromatic N) is 1. The normalized spacial score (nSPS) is 11.1. The first kappa shape index (κ1) is 25.6. The summed E-state index contributed by atoms with van der Waals surface area (Å²) in [5, 5.41) is 2.74. The molecular weight excluding hydrogens is 475 g/mol. The monoisotopic (exact) mass is 502 g/mol. The second-order valence-electron chi connectivity index (χ2n) is 7.50. The van der Waals surface area contributed by atoms with E-state index in [1.54, 1.807) is 11.8 Å². The van der Waals surface area contributed by atoms with Crippen LogP contribution in [0.5, 0.6) is 5.75 Å². The van der Waals surface area contributed by atoms with E-state index in [1.165, 1.54) is 55.1 Å². The van der Waals surface area contributed by atoms with E-state index in [2.05, 4.69) is 17.4 Å². The summed E-state index contributed by atoms with van der Waals surface area (Å²) >= 11 is 1.68. The fourth-order valence-corrected chi connectivity index (χ4v) is 5.42. The molecule has 3 aromatic carbocycles. The van der Waals surface area contributed by atoms with E-state index in [4.69, 9.17) is 4.74 Å². The summed E-state index contributed by atoms with van der Waals surface area (Å²) in [4.78, 5) is 13.7. The number of benzene rings is 3. The number of halogens is 1. The highest BCUT2D eigenvalue weighted by Gasteiger charge is 2.29. The first-order valence-corrected chi connectivity index (χ1v) is 13.1. The number of aryl methyl sites for hydroxylation is 1. The fourth-order valence-electron chi connectivity index (χ4n) is 3.14. The predicted molar refractivity (Wildman–Crippen MR) is 133 cm³/mol. The minimum atomic E-state index is -4.20. The number of nitrogens with one attached hydrogen (secondary N) is 1. The molecule has 0 atom stereocenters. The van der Waals surface area contributed by atoms with Gasteiger partial charge in [0.05, 0.1) is 17.7 Å². The number of carbonyl (C=O) groups excluding carboxylic acids is 1. The molecule has 180 valence electrons. The second-order valence-corrected chi connectivity index (χ2v) is 10.5. The zero-order valence-corrected chi connectivity index (χ0v) is 20.7. The van der Waals surface area contributed by atoms with Gasteiger partial charge in [-0.15, -0.1) is 11.8 Å². The van der Waals surface area contributed by atoms with Crippen molar-refractivity contribution < 1.29 is 22.3 Å². The number of sulfonamides is 1. The zero-order chi connectivity index (χ0) is 24.6. The highest BCUT2D eigenvalue weighted by Crippen LogP contribution is 2.27. The standard InChI is InChI=1S/C25H27FN2O4S2/c1-19-8-12-21(13-9-19)33-17-5-16-27-25(29)18-28(24-7-4-3-6-23(24)26)34(30,31)22-14-10-20(32-2)11-15-22/h3-4,6-15H,5,16-18H2,1-2H3,(H,27,29). The minimum Gasteiger partial charge on any atom is -0.497 e. The van der Waals surface area contributed by atoms with Gasteiger partial charge in [-0.25, -0.2) is 12.8 Å². The van der Waals surface area contributed by atoms with Crippen molar-refractivity contribution in [2.75, 3.05) is 30.3 Å². The third-order valence-electron chi connectivity index (χ3n) is 4.99. The van der Waals surface area contributed by atoms with Gasteiger partial charge in [0.25, 0.3) is 10.0 Å². The summed E-state index contributed by atoms with van der Waals surface area (Å²) in [7, 11) is -2.73. The second kappa shape index (κ2) is 11.9. The van der Waals surface area contributed by atoms with Crippen LogP contribution in [0.1, 0.15) is 12.0 Å². The Morgan fingerprint density at radius 2 is 1.71 bits per heavy atom. The van der Waals surface area contributed by atoms with E-state index in [9.17, 15) is 17.6 Å². The largest absolute Gasteiger partial charge is 0.497 e. The number of carbonyl (C=O) groups is 1. The lowest BCUT2D eigenvalue weighted by Crippen LogP contribution is -2.41. The predicted octanol–water partition coefficient (Wildman–Crippen LogP) is 4.64. The molecule has 6 nitrogen and oxygen atoms in total. The molecule has 0 saturated heterocycles. The van der Waals surface area contributed by atoms with Crippen LogP contribution in [0.3, 0.4) is 0 Å². The average Bonchev–Trinajstić information content (AvgIpc) is 2.84. The van der Waals surface area contributed by atoms with Crippen LogP contribution in [0.15, 0.2) is 82.6 Å². The van der Waals surface area contributed by atoms with Gasteiger partial charge in [0.2, 0.25) is 5.91 Å². The lowest BCUT2D eigenvalue weighted by molar-refractivity contribution is -0.119.